The molecule has 8 nitrogen and oxygen atoms in total. The summed E-state index contributed by atoms with van der Waals surface area (Å²) in [6.45, 7) is 2.56. The van der Waals surface area contributed by atoms with Crippen LogP contribution >= 0.6 is 0 Å². The van der Waals surface area contributed by atoms with E-state index in [0.29, 0.717) is 0 Å². The van der Waals surface area contributed by atoms with Crippen LogP contribution < -0.4 is 16.4 Å². The number of primary amides is 1. The largest absolute Gasteiger partial charge is 0.480 e. The molecule has 0 spiro atoms. The zero-order chi connectivity index (χ0) is 12.9. The SMILES string of the molecule is CC(NC(N)=O)C(=O)N[C@H](C(=O)O)[C@@H](C)O. The molecule has 0 rings (SSSR count). The molecule has 0 saturated carbocycles. The third-order valence-electron chi connectivity index (χ3n) is 1.80. The van der Waals surface area contributed by atoms with Crippen LogP contribution in [0.5, 0.6) is 0 Å². The van der Waals surface area contributed by atoms with Crippen molar-refractivity contribution in [2.45, 2.75) is 32.0 Å². The Morgan fingerprint density at radius 2 is 1.69 bits per heavy atom. The van der Waals surface area contributed by atoms with E-state index in [-0.39, 0.29) is 0 Å². The fourth-order valence-electron chi connectivity index (χ4n) is 0.946. The number of carboxylic acid groups (broad SMARTS) is 1. The maximum absolute atomic E-state index is 11.3. The highest BCUT2D eigenvalue weighted by molar-refractivity contribution is 5.89. The van der Waals surface area contributed by atoms with Gasteiger partial charge >= 0.3 is 12.0 Å². The molecule has 0 radical (unpaired) electrons. The predicted molar refractivity (Wildman–Crippen MR) is 53.4 cm³/mol. The molecule has 0 aliphatic carbocycles. The lowest BCUT2D eigenvalue weighted by Crippen LogP contribution is -2.54. The first-order valence-corrected chi connectivity index (χ1v) is 4.53. The molecule has 16 heavy (non-hydrogen) atoms. The van der Waals surface area contributed by atoms with Gasteiger partial charge in [0, 0.05) is 0 Å². The highest BCUT2D eigenvalue weighted by atomic mass is 16.4. The van der Waals surface area contributed by atoms with Crippen LogP contribution in [-0.2, 0) is 9.59 Å². The molecule has 0 aromatic carbocycles. The number of aliphatic hydroxyl groups is 1. The van der Waals surface area contributed by atoms with Crippen LogP contribution in [0.15, 0.2) is 0 Å². The maximum Gasteiger partial charge on any atom is 0.328 e. The van der Waals surface area contributed by atoms with Crippen molar-refractivity contribution in [3.05, 3.63) is 0 Å². The van der Waals surface area contributed by atoms with Gasteiger partial charge in [-0.2, -0.15) is 0 Å². The summed E-state index contributed by atoms with van der Waals surface area (Å²) < 4.78 is 0. The molecule has 3 atom stereocenters. The number of aliphatic carboxylic acids is 1. The average Bonchev–Trinajstić information content (AvgIpc) is 2.11. The molecular weight excluding hydrogens is 218 g/mol. The number of carbonyl (C=O) groups is 3. The minimum atomic E-state index is -1.43. The highest BCUT2D eigenvalue weighted by Gasteiger charge is 2.27. The molecule has 0 bridgehead atoms. The lowest BCUT2D eigenvalue weighted by Gasteiger charge is -2.19. The molecular formula is C8H15N3O5. The summed E-state index contributed by atoms with van der Waals surface area (Å²) in [5.41, 5.74) is 4.79. The number of hydrogen-bond donors (Lipinski definition) is 5. The number of urea groups is 1. The minimum absolute atomic E-state index is 0.743. The van der Waals surface area contributed by atoms with Crippen molar-refractivity contribution in [1.82, 2.24) is 10.6 Å². The highest BCUT2D eigenvalue weighted by Crippen LogP contribution is 1.94. The van der Waals surface area contributed by atoms with E-state index in [1.807, 2.05) is 0 Å². The molecule has 0 fully saturated rings. The van der Waals surface area contributed by atoms with Crippen molar-refractivity contribution in [3.63, 3.8) is 0 Å². The van der Waals surface area contributed by atoms with Gasteiger partial charge in [-0.1, -0.05) is 0 Å². The average molecular weight is 233 g/mol. The summed E-state index contributed by atoms with van der Waals surface area (Å²) in [6.07, 6.45) is -1.25. The predicted octanol–water partition coefficient (Wildman–Crippen LogP) is -2.01. The smallest absolute Gasteiger partial charge is 0.328 e. The van der Waals surface area contributed by atoms with Gasteiger partial charge in [0.2, 0.25) is 5.91 Å². The van der Waals surface area contributed by atoms with Gasteiger partial charge in [-0.25, -0.2) is 9.59 Å². The number of carboxylic acids is 1. The number of nitrogens with two attached hydrogens (primary N) is 1. The Morgan fingerprint density at radius 3 is 2.00 bits per heavy atom. The number of amides is 3. The lowest BCUT2D eigenvalue weighted by atomic mass is 10.1. The molecule has 3 amide bonds. The third kappa shape index (κ3) is 4.60. The molecule has 0 aliphatic rings. The van der Waals surface area contributed by atoms with Crippen LogP contribution in [0.2, 0.25) is 0 Å². The number of carbonyl (C=O) groups excluding carboxylic acids is 2. The van der Waals surface area contributed by atoms with E-state index < -0.39 is 36.1 Å². The Balaban J connectivity index is 4.40. The zero-order valence-electron chi connectivity index (χ0n) is 8.93. The van der Waals surface area contributed by atoms with Gasteiger partial charge in [-0.15, -0.1) is 0 Å². The Bertz CT molecular complexity index is 291. The second-order valence-electron chi connectivity index (χ2n) is 3.30. The van der Waals surface area contributed by atoms with Gasteiger partial charge in [0.05, 0.1) is 6.10 Å². The Kier molecular flexibility index (Phi) is 5.23. The molecule has 0 heterocycles. The first kappa shape index (κ1) is 14.2. The van der Waals surface area contributed by atoms with Gasteiger partial charge in [-0.3, -0.25) is 4.79 Å². The number of aliphatic hydroxyl groups excluding tert-OH is 1. The van der Waals surface area contributed by atoms with Crippen LogP contribution in [0.25, 0.3) is 0 Å². The van der Waals surface area contributed by atoms with E-state index >= 15 is 0 Å². The third-order valence-corrected chi connectivity index (χ3v) is 1.80. The Hall–Kier alpha value is -1.83. The summed E-state index contributed by atoms with van der Waals surface area (Å²) in [6, 6.07) is -3.30. The lowest BCUT2D eigenvalue weighted by molar-refractivity contribution is -0.145. The van der Waals surface area contributed by atoms with Crippen LogP contribution in [0.1, 0.15) is 13.8 Å². The van der Waals surface area contributed by atoms with Crippen molar-refractivity contribution in [2.75, 3.05) is 0 Å². The molecule has 8 heteroatoms. The molecule has 0 aliphatic heterocycles. The number of hydrogen-bond acceptors (Lipinski definition) is 4. The van der Waals surface area contributed by atoms with Crippen LogP contribution in [-0.4, -0.2) is 46.3 Å². The van der Waals surface area contributed by atoms with E-state index in [9.17, 15) is 14.4 Å². The van der Waals surface area contributed by atoms with E-state index in [4.69, 9.17) is 15.9 Å². The fraction of sp³-hybridized carbons (Fsp3) is 0.625. The quantitative estimate of drug-likeness (QED) is 0.373. The van der Waals surface area contributed by atoms with E-state index in [1.54, 1.807) is 0 Å². The summed E-state index contributed by atoms with van der Waals surface area (Å²) in [5.74, 6) is -2.11. The van der Waals surface area contributed by atoms with Gasteiger partial charge in [0.1, 0.15) is 6.04 Å². The van der Waals surface area contributed by atoms with E-state index in [0.717, 1.165) is 0 Å². The van der Waals surface area contributed by atoms with E-state index in [2.05, 4.69) is 10.6 Å². The van der Waals surface area contributed by atoms with Crippen LogP contribution in [0.4, 0.5) is 4.79 Å². The number of rotatable bonds is 5. The fourth-order valence-corrected chi connectivity index (χ4v) is 0.946. The van der Waals surface area contributed by atoms with Crippen molar-refractivity contribution >= 4 is 17.9 Å². The summed E-state index contributed by atoms with van der Waals surface area (Å²) >= 11 is 0. The van der Waals surface area contributed by atoms with Crippen LogP contribution in [0, 0.1) is 0 Å². The zero-order valence-corrected chi connectivity index (χ0v) is 8.93. The van der Waals surface area contributed by atoms with Crippen molar-refractivity contribution < 1.29 is 24.6 Å². The molecule has 1 unspecified atom stereocenters. The molecule has 6 N–H and O–H groups in total. The molecule has 0 saturated heterocycles. The minimum Gasteiger partial charge on any atom is -0.480 e. The molecule has 0 aromatic rings. The van der Waals surface area contributed by atoms with Crippen molar-refractivity contribution in [3.8, 4) is 0 Å². The van der Waals surface area contributed by atoms with Gasteiger partial charge in [0.15, 0.2) is 6.04 Å². The monoisotopic (exact) mass is 233 g/mol. The summed E-state index contributed by atoms with van der Waals surface area (Å²) in [4.78, 5) is 32.4. The van der Waals surface area contributed by atoms with Crippen molar-refractivity contribution in [1.29, 1.82) is 0 Å². The van der Waals surface area contributed by atoms with E-state index in [1.165, 1.54) is 13.8 Å². The van der Waals surface area contributed by atoms with Gasteiger partial charge in [-0.05, 0) is 13.8 Å². The second kappa shape index (κ2) is 5.91. The van der Waals surface area contributed by atoms with Crippen LogP contribution in [0.3, 0.4) is 0 Å². The molecule has 92 valence electrons. The maximum atomic E-state index is 11.3. The van der Waals surface area contributed by atoms with Gasteiger partial charge in [0.25, 0.3) is 0 Å². The molecule has 0 aromatic heterocycles. The Morgan fingerprint density at radius 1 is 1.19 bits per heavy atom. The first-order valence-electron chi connectivity index (χ1n) is 4.53. The summed E-state index contributed by atoms with van der Waals surface area (Å²) in [7, 11) is 0. The van der Waals surface area contributed by atoms with Crippen molar-refractivity contribution in [2.24, 2.45) is 5.73 Å². The second-order valence-corrected chi connectivity index (χ2v) is 3.30. The summed E-state index contributed by atoms with van der Waals surface area (Å²) in [5, 5.41) is 21.9. The van der Waals surface area contributed by atoms with Gasteiger partial charge < -0.3 is 26.6 Å². The Labute approximate surface area is 91.8 Å². The normalized spacial score (nSPS) is 15.7. The number of nitrogens with one attached hydrogen (secondary N) is 2. The first-order chi connectivity index (χ1) is 7.25. The topological polar surface area (TPSA) is 142 Å². The standard InChI is InChI=1S/C8H15N3O5/c1-3(10-8(9)16)6(13)11-5(4(2)12)7(14)15/h3-5,12H,1-2H3,(H,11,13)(H,14,15)(H3,9,10,16)/t3?,4-,5+/m1/s1.